The standard InChI is InChI=1S/C37H39N2/c1-7-37(8-2)24(5)38-23(4)33-31-22(3)13-11-14-26(31)28-19-25(21-36(6)17-9-10-18-36)20-29-27-15-12-16-30(37)32(27)35(38)39(33)34(28)29/h11-16,19-20H,5,7-10,17-18,21H2,1-4,6H3/q+1. The number of fused-ring (bicyclic) bond motifs is 4. The lowest BCUT2D eigenvalue weighted by molar-refractivity contribution is -0.448. The van der Waals surface area contributed by atoms with Crippen LogP contribution < -0.4 is 4.40 Å². The van der Waals surface area contributed by atoms with Gasteiger partial charge in [0.25, 0.3) is 0 Å². The van der Waals surface area contributed by atoms with Crippen LogP contribution in [-0.2, 0) is 11.8 Å². The first-order valence-electron chi connectivity index (χ1n) is 15.1. The van der Waals surface area contributed by atoms with E-state index >= 15 is 0 Å². The highest BCUT2D eigenvalue weighted by Gasteiger charge is 2.46. The summed E-state index contributed by atoms with van der Waals surface area (Å²) in [7, 11) is 0. The molecule has 4 heterocycles. The van der Waals surface area contributed by atoms with Crippen molar-refractivity contribution in [3.05, 3.63) is 77.5 Å². The SMILES string of the molecule is C=C1n2c(C)c3c4c(C)cccc4c4cc(CC5(C)CCCC5)cc5c6cccc(c6c2[n+]3c45)C1(CC)CC. The molecule has 3 aromatic heterocycles. The average Bonchev–Trinajstić information content (AvgIpc) is 3.50. The molecule has 1 aliphatic heterocycles. The van der Waals surface area contributed by atoms with Crippen LogP contribution in [0.25, 0.3) is 54.7 Å². The predicted molar refractivity (Wildman–Crippen MR) is 166 cm³/mol. The van der Waals surface area contributed by atoms with E-state index in [2.05, 4.69) is 92.1 Å². The number of benzene rings is 3. The summed E-state index contributed by atoms with van der Waals surface area (Å²) < 4.78 is 5.17. The first kappa shape index (κ1) is 23.5. The third kappa shape index (κ3) is 2.71. The molecular weight excluding hydrogens is 472 g/mol. The molecule has 8 rings (SSSR count). The molecule has 3 aromatic carbocycles. The summed E-state index contributed by atoms with van der Waals surface area (Å²) >= 11 is 0. The maximum absolute atomic E-state index is 4.83. The average molecular weight is 512 g/mol. The zero-order valence-electron chi connectivity index (χ0n) is 24.2. The Hall–Kier alpha value is -3.39. The van der Waals surface area contributed by atoms with Crippen molar-refractivity contribution in [1.82, 2.24) is 4.57 Å². The van der Waals surface area contributed by atoms with Gasteiger partial charge in [-0.1, -0.05) is 76.6 Å². The van der Waals surface area contributed by atoms with Crippen LogP contribution in [0.15, 0.2) is 55.1 Å². The van der Waals surface area contributed by atoms with Gasteiger partial charge in [0.05, 0.1) is 10.8 Å². The number of aromatic nitrogens is 2. The van der Waals surface area contributed by atoms with Gasteiger partial charge < -0.3 is 0 Å². The number of imidazole rings is 1. The third-order valence-corrected chi connectivity index (χ3v) is 11.1. The van der Waals surface area contributed by atoms with Gasteiger partial charge in [0.1, 0.15) is 11.2 Å². The van der Waals surface area contributed by atoms with Crippen molar-refractivity contribution in [3.8, 4) is 0 Å². The fourth-order valence-corrected chi connectivity index (χ4v) is 9.07. The highest BCUT2D eigenvalue weighted by atomic mass is 15.2. The molecule has 2 heteroatoms. The molecule has 1 fully saturated rings. The molecule has 0 N–H and O–H groups in total. The molecule has 1 saturated carbocycles. The number of rotatable bonds is 4. The van der Waals surface area contributed by atoms with E-state index in [0.29, 0.717) is 5.41 Å². The second-order valence-electron chi connectivity index (χ2n) is 13.1. The van der Waals surface area contributed by atoms with Crippen molar-refractivity contribution < 1.29 is 4.40 Å². The van der Waals surface area contributed by atoms with Gasteiger partial charge in [-0.15, -0.1) is 0 Å². The number of allylic oxidation sites excluding steroid dienone is 1. The zero-order valence-corrected chi connectivity index (χ0v) is 24.2. The number of hydrogen-bond donors (Lipinski definition) is 0. The van der Waals surface area contributed by atoms with Crippen LogP contribution in [0.3, 0.4) is 0 Å². The smallest absolute Gasteiger partial charge is 0.195 e. The molecule has 1 aliphatic carbocycles. The van der Waals surface area contributed by atoms with Crippen molar-refractivity contribution in [1.29, 1.82) is 0 Å². The van der Waals surface area contributed by atoms with Gasteiger partial charge in [0, 0.05) is 28.5 Å². The second-order valence-corrected chi connectivity index (χ2v) is 13.1. The fraction of sp³-hybridized carbons (Fsp3) is 0.378. The van der Waals surface area contributed by atoms with E-state index in [1.54, 1.807) is 0 Å². The monoisotopic (exact) mass is 511 g/mol. The van der Waals surface area contributed by atoms with Crippen LogP contribution in [0.1, 0.15) is 81.7 Å². The minimum Gasteiger partial charge on any atom is -0.195 e. The summed E-state index contributed by atoms with van der Waals surface area (Å²) in [5, 5.41) is 8.44. The fourth-order valence-electron chi connectivity index (χ4n) is 9.07. The van der Waals surface area contributed by atoms with Crippen LogP contribution in [0.2, 0.25) is 0 Å². The Kier molecular flexibility index (Phi) is 4.59. The van der Waals surface area contributed by atoms with Crippen molar-refractivity contribution in [2.45, 2.75) is 85.0 Å². The molecule has 0 saturated heterocycles. The molecular formula is C37H39N2+. The lowest BCUT2D eigenvalue weighted by Crippen LogP contribution is -2.35. The minimum absolute atomic E-state index is 0.0604. The van der Waals surface area contributed by atoms with E-state index in [9.17, 15) is 0 Å². The molecule has 2 nitrogen and oxygen atoms in total. The van der Waals surface area contributed by atoms with Crippen LogP contribution in [-0.4, -0.2) is 4.57 Å². The van der Waals surface area contributed by atoms with E-state index in [1.165, 1.54) is 109 Å². The van der Waals surface area contributed by atoms with E-state index in [1.807, 2.05) is 0 Å². The topological polar surface area (TPSA) is 9.03 Å². The zero-order chi connectivity index (χ0) is 26.8. The molecule has 196 valence electrons. The summed E-state index contributed by atoms with van der Waals surface area (Å²) in [5.74, 6) is 0. The molecule has 39 heavy (non-hydrogen) atoms. The molecule has 2 aliphatic rings. The van der Waals surface area contributed by atoms with Gasteiger partial charge in [-0.3, -0.25) is 0 Å². The highest BCUT2D eigenvalue weighted by molar-refractivity contribution is 6.23. The van der Waals surface area contributed by atoms with Gasteiger partial charge in [-0.25, -0.2) is 0 Å². The molecule has 0 radical (unpaired) electrons. The molecule has 0 atom stereocenters. The van der Waals surface area contributed by atoms with E-state index in [-0.39, 0.29) is 5.41 Å². The number of pyridine rings is 2. The quantitative estimate of drug-likeness (QED) is 0.127. The summed E-state index contributed by atoms with van der Waals surface area (Å²) in [5.41, 5.74) is 11.3. The Morgan fingerprint density at radius 3 is 2.15 bits per heavy atom. The van der Waals surface area contributed by atoms with Gasteiger partial charge in [-0.05, 0) is 78.7 Å². The first-order chi connectivity index (χ1) is 18.8. The van der Waals surface area contributed by atoms with Crippen LogP contribution in [0, 0.1) is 19.3 Å². The Labute approximate surface area is 231 Å². The first-order valence-corrected chi connectivity index (χ1v) is 15.1. The normalized spacial score (nSPS) is 18.2. The lowest BCUT2D eigenvalue weighted by atomic mass is 9.70. The summed E-state index contributed by atoms with van der Waals surface area (Å²) in [6.07, 6.45) is 8.71. The minimum atomic E-state index is -0.0604. The predicted octanol–water partition coefficient (Wildman–Crippen LogP) is 9.56. The highest BCUT2D eigenvalue weighted by Crippen LogP contribution is 2.52. The third-order valence-electron chi connectivity index (χ3n) is 11.1. The van der Waals surface area contributed by atoms with E-state index in [0.717, 1.165) is 12.8 Å². The van der Waals surface area contributed by atoms with Crippen molar-refractivity contribution in [2.75, 3.05) is 0 Å². The van der Waals surface area contributed by atoms with Crippen LogP contribution in [0.4, 0.5) is 0 Å². The molecule has 0 amide bonds. The largest absolute Gasteiger partial charge is 0.300 e. The Morgan fingerprint density at radius 2 is 1.49 bits per heavy atom. The van der Waals surface area contributed by atoms with Crippen LogP contribution in [0.5, 0.6) is 0 Å². The number of nitrogens with zero attached hydrogens (tertiary/aromatic N) is 2. The van der Waals surface area contributed by atoms with Gasteiger partial charge >= 0.3 is 5.65 Å². The van der Waals surface area contributed by atoms with Crippen molar-refractivity contribution in [2.24, 2.45) is 5.41 Å². The Bertz CT molecular complexity index is 2010. The summed E-state index contributed by atoms with van der Waals surface area (Å²) in [4.78, 5) is 0. The maximum atomic E-state index is 4.83. The van der Waals surface area contributed by atoms with E-state index < -0.39 is 0 Å². The second kappa shape index (κ2) is 7.62. The molecule has 0 spiro atoms. The van der Waals surface area contributed by atoms with E-state index in [4.69, 9.17) is 6.58 Å². The van der Waals surface area contributed by atoms with Crippen molar-refractivity contribution in [3.63, 3.8) is 0 Å². The number of hydrogen-bond acceptors (Lipinski definition) is 0. The molecule has 0 bridgehead atoms. The maximum Gasteiger partial charge on any atom is 0.300 e. The van der Waals surface area contributed by atoms with Gasteiger partial charge in [-0.2, -0.15) is 8.97 Å². The lowest BCUT2D eigenvalue weighted by Gasteiger charge is -2.36. The molecule has 6 aromatic rings. The summed E-state index contributed by atoms with van der Waals surface area (Å²) in [6, 6.07) is 19.1. The Balaban J connectivity index is 1.67. The Morgan fingerprint density at radius 1 is 0.846 bits per heavy atom. The van der Waals surface area contributed by atoms with Crippen molar-refractivity contribution >= 4 is 54.7 Å². The van der Waals surface area contributed by atoms with Gasteiger partial charge in [0.2, 0.25) is 0 Å². The number of aryl methyl sites for hydroxylation is 2. The summed E-state index contributed by atoms with van der Waals surface area (Å²) in [6.45, 7) is 16.7. The van der Waals surface area contributed by atoms with Crippen LogP contribution >= 0.6 is 0 Å². The van der Waals surface area contributed by atoms with Gasteiger partial charge in [0.15, 0.2) is 11.2 Å². The molecule has 0 unspecified atom stereocenters.